The van der Waals surface area contributed by atoms with Gasteiger partial charge in [0.15, 0.2) is 5.82 Å². The minimum absolute atomic E-state index is 0.786. The molecule has 0 bridgehead atoms. The summed E-state index contributed by atoms with van der Waals surface area (Å²) in [5.74, 6) is 1.88. The number of nitrogens with zero attached hydrogens (tertiary/aromatic N) is 4. The highest BCUT2D eigenvalue weighted by atomic mass is 79.9. The summed E-state index contributed by atoms with van der Waals surface area (Å²) in [6.45, 7) is 2.65. The van der Waals surface area contributed by atoms with Crippen LogP contribution in [0.1, 0.15) is 5.82 Å². The molecule has 0 saturated carbocycles. The molecule has 3 heterocycles. The topological polar surface area (TPSA) is 55.6 Å². The van der Waals surface area contributed by atoms with E-state index >= 15 is 0 Å². The first kappa shape index (κ1) is 9.92. The van der Waals surface area contributed by atoms with Crippen LogP contribution in [0.5, 0.6) is 0 Å². The highest BCUT2D eigenvalue weighted by Gasteiger charge is 2.16. The molecular weight excluding hydrogens is 270 g/mol. The molecule has 2 aromatic heterocycles. The van der Waals surface area contributed by atoms with Crippen molar-refractivity contribution in [1.29, 1.82) is 0 Å². The zero-order valence-corrected chi connectivity index (χ0v) is 10.1. The summed E-state index contributed by atoms with van der Waals surface area (Å²) in [5.41, 5.74) is 0.995. The fourth-order valence-electron chi connectivity index (χ4n) is 1.84. The molecule has 0 atom stereocenters. The second kappa shape index (κ2) is 3.95. The van der Waals surface area contributed by atoms with Gasteiger partial charge in [0.1, 0.15) is 5.82 Å². The average Bonchev–Trinajstić information content (AvgIpc) is 2.72. The van der Waals surface area contributed by atoms with Crippen molar-refractivity contribution in [2.45, 2.75) is 13.1 Å². The molecule has 1 N–H and O–H groups in total. The predicted molar refractivity (Wildman–Crippen MR) is 62.7 cm³/mol. The Hall–Kier alpha value is -1.27. The molecule has 0 aromatic carbocycles. The average molecular weight is 280 g/mol. The van der Waals surface area contributed by atoms with Gasteiger partial charge in [-0.2, -0.15) is 0 Å². The number of hydrogen-bond donors (Lipinski definition) is 1. The van der Waals surface area contributed by atoms with Crippen molar-refractivity contribution in [3.05, 3.63) is 28.8 Å². The Morgan fingerprint density at radius 1 is 1.31 bits per heavy atom. The Bertz CT molecular complexity index is 522. The van der Waals surface area contributed by atoms with Crippen molar-refractivity contribution in [3.63, 3.8) is 0 Å². The lowest BCUT2D eigenvalue weighted by molar-refractivity contribution is 0.508. The summed E-state index contributed by atoms with van der Waals surface area (Å²) < 4.78 is 3.09. The first-order chi connectivity index (χ1) is 7.84. The fourth-order valence-corrected chi connectivity index (χ4v) is 2.20. The molecule has 16 heavy (non-hydrogen) atoms. The second-order valence-corrected chi connectivity index (χ2v) is 4.58. The maximum atomic E-state index is 4.22. The molecular formula is C10H10BrN5. The summed E-state index contributed by atoms with van der Waals surface area (Å²) in [6, 6.07) is 2.01. The van der Waals surface area contributed by atoms with Gasteiger partial charge >= 0.3 is 0 Å². The molecule has 1 aliphatic rings. The Kier molecular flexibility index (Phi) is 2.45. The van der Waals surface area contributed by atoms with Crippen molar-refractivity contribution in [2.75, 3.05) is 6.54 Å². The third-order valence-electron chi connectivity index (χ3n) is 2.59. The third-order valence-corrected chi connectivity index (χ3v) is 3.02. The Morgan fingerprint density at radius 3 is 3.12 bits per heavy atom. The van der Waals surface area contributed by atoms with Crippen molar-refractivity contribution in [1.82, 2.24) is 25.1 Å². The fraction of sp³-hybridized carbons (Fsp3) is 0.300. The monoisotopic (exact) mass is 279 g/mol. The highest BCUT2D eigenvalue weighted by Crippen LogP contribution is 2.21. The van der Waals surface area contributed by atoms with E-state index in [0.717, 1.165) is 41.3 Å². The van der Waals surface area contributed by atoms with E-state index in [1.54, 1.807) is 6.20 Å². The lowest BCUT2D eigenvalue weighted by Gasteiger charge is -2.15. The van der Waals surface area contributed by atoms with Crippen LogP contribution in [0.25, 0.3) is 11.4 Å². The van der Waals surface area contributed by atoms with Crippen LogP contribution in [0.2, 0.25) is 0 Å². The zero-order valence-electron chi connectivity index (χ0n) is 8.52. The molecule has 0 radical (unpaired) electrons. The van der Waals surface area contributed by atoms with E-state index in [9.17, 15) is 0 Å². The van der Waals surface area contributed by atoms with Gasteiger partial charge in [0.2, 0.25) is 0 Å². The third kappa shape index (κ3) is 1.64. The molecule has 0 spiro atoms. The molecule has 0 unspecified atom stereocenters. The van der Waals surface area contributed by atoms with Crippen LogP contribution in [0.3, 0.4) is 0 Å². The number of rotatable bonds is 1. The summed E-state index contributed by atoms with van der Waals surface area (Å²) in [4.78, 5) is 4.15. The molecule has 1 aliphatic heterocycles. The van der Waals surface area contributed by atoms with E-state index in [-0.39, 0.29) is 0 Å². The van der Waals surface area contributed by atoms with Crippen molar-refractivity contribution >= 4 is 15.9 Å². The van der Waals surface area contributed by atoms with Crippen molar-refractivity contribution in [3.8, 4) is 11.4 Å². The van der Waals surface area contributed by atoms with Gasteiger partial charge in [0.25, 0.3) is 0 Å². The normalized spacial score (nSPS) is 14.8. The van der Waals surface area contributed by atoms with Crippen LogP contribution in [0, 0.1) is 0 Å². The lowest BCUT2D eigenvalue weighted by atomic mass is 10.2. The lowest BCUT2D eigenvalue weighted by Crippen LogP contribution is -2.28. The number of nitrogens with one attached hydrogen (secondary N) is 1. The van der Waals surface area contributed by atoms with Crippen molar-refractivity contribution in [2.24, 2.45) is 0 Å². The summed E-state index contributed by atoms with van der Waals surface area (Å²) >= 11 is 3.41. The van der Waals surface area contributed by atoms with Gasteiger partial charge in [-0.15, -0.1) is 10.2 Å². The predicted octanol–water partition coefficient (Wildman–Crippen LogP) is 1.21. The minimum Gasteiger partial charge on any atom is -0.309 e. The van der Waals surface area contributed by atoms with Crippen LogP contribution >= 0.6 is 15.9 Å². The summed E-state index contributed by atoms with van der Waals surface area (Å²) in [6.07, 6.45) is 3.57. The number of aromatic nitrogens is 4. The maximum absolute atomic E-state index is 4.22. The zero-order chi connectivity index (χ0) is 11.0. The molecule has 5 nitrogen and oxygen atoms in total. The smallest absolute Gasteiger partial charge is 0.165 e. The molecule has 0 amide bonds. The standard InChI is InChI=1S/C10H10BrN5/c11-8-3-7(4-13-5-8)10-15-14-9-6-12-1-2-16(9)10/h3-5,12H,1-2,6H2. The van der Waals surface area contributed by atoms with E-state index < -0.39 is 0 Å². The highest BCUT2D eigenvalue weighted by molar-refractivity contribution is 9.10. The van der Waals surface area contributed by atoms with E-state index in [0.29, 0.717) is 0 Å². The van der Waals surface area contributed by atoms with Gasteiger partial charge in [-0.25, -0.2) is 0 Å². The SMILES string of the molecule is Brc1cncc(-c2nnc3n2CCNC3)c1. The van der Waals surface area contributed by atoms with Gasteiger partial charge in [-0.1, -0.05) is 0 Å². The second-order valence-electron chi connectivity index (χ2n) is 3.66. The van der Waals surface area contributed by atoms with E-state index in [1.165, 1.54) is 0 Å². The quantitative estimate of drug-likeness (QED) is 0.853. The number of fused-ring (bicyclic) bond motifs is 1. The number of pyridine rings is 1. The van der Waals surface area contributed by atoms with Gasteiger partial charge in [-0.3, -0.25) is 4.98 Å². The Morgan fingerprint density at radius 2 is 2.25 bits per heavy atom. The molecule has 6 heteroatoms. The van der Waals surface area contributed by atoms with E-state index in [2.05, 4.69) is 41.0 Å². The van der Waals surface area contributed by atoms with Crippen molar-refractivity contribution < 1.29 is 0 Å². The first-order valence-electron chi connectivity index (χ1n) is 5.08. The molecule has 0 aliphatic carbocycles. The van der Waals surface area contributed by atoms with Gasteiger partial charge in [-0.05, 0) is 22.0 Å². The van der Waals surface area contributed by atoms with Crippen LogP contribution in [0.15, 0.2) is 22.9 Å². The van der Waals surface area contributed by atoms with Gasteiger partial charge in [0, 0.05) is 35.5 Å². The van der Waals surface area contributed by atoms with E-state index in [1.807, 2.05) is 12.3 Å². The first-order valence-corrected chi connectivity index (χ1v) is 5.87. The number of hydrogen-bond acceptors (Lipinski definition) is 4. The van der Waals surface area contributed by atoms with Gasteiger partial charge in [0.05, 0.1) is 6.54 Å². The molecule has 0 fully saturated rings. The Labute approximate surface area is 101 Å². The minimum atomic E-state index is 0.786. The van der Waals surface area contributed by atoms with Gasteiger partial charge < -0.3 is 9.88 Å². The van der Waals surface area contributed by atoms with E-state index in [4.69, 9.17) is 0 Å². The molecule has 3 rings (SSSR count). The van der Waals surface area contributed by atoms with Crippen LogP contribution in [0.4, 0.5) is 0 Å². The maximum Gasteiger partial charge on any atom is 0.165 e. The largest absolute Gasteiger partial charge is 0.309 e. The molecule has 82 valence electrons. The Balaban J connectivity index is 2.09. The van der Waals surface area contributed by atoms with Crippen LogP contribution in [-0.2, 0) is 13.1 Å². The summed E-state index contributed by atoms with van der Waals surface area (Å²) in [7, 11) is 0. The summed E-state index contributed by atoms with van der Waals surface area (Å²) in [5, 5.41) is 11.7. The van der Waals surface area contributed by atoms with Crippen LogP contribution in [-0.4, -0.2) is 26.3 Å². The molecule has 2 aromatic rings. The molecule has 0 saturated heterocycles. The number of halogens is 1. The van der Waals surface area contributed by atoms with Crippen LogP contribution < -0.4 is 5.32 Å².